The molecule has 0 aliphatic carbocycles. The number of benzene rings is 1. The maximum absolute atomic E-state index is 12.6. The Morgan fingerprint density at radius 1 is 1.09 bits per heavy atom. The smallest absolute Gasteiger partial charge is 0.260 e. The molecule has 2 aliphatic rings. The molecule has 1 atom stereocenters. The van der Waals surface area contributed by atoms with Crippen LogP contribution in [0.4, 0.5) is 0 Å². The van der Waals surface area contributed by atoms with Gasteiger partial charge < -0.3 is 14.5 Å². The summed E-state index contributed by atoms with van der Waals surface area (Å²) in [6.45, 7) is 4.35. The lowest BCUT2D eigenvalue weighted by atomic mass is 10.0. The fourth-order valence-electron chi connectivity index (χ4n) is 3.54. The number of hydrogen-bond donors (Lipinski definition) is 0. The van der Waals surface area contributed by atoms with E-state index >= 15 is 0 Å². The summed E-state index contributed by atoms with van der Waals surface area (Å²) in [5, 5.41) is 0.672. The summed E-state index contributed by atoms with van der Waals surface area (Å²) in [4.78, 5) is 17.1. The molecule has 2 saturated heterocycles. The first kappa shape index (κ1) is 16.6. The fourth-order valence-corrected chi connectivity index (χ4v) is 3.67. The van der Waals surface area contributed by atoms with E-state index < -0.39 is 0 Å². The number of nitrogens with zero attached hydrogens (tertiary/aromatic N) is 2. The van der Waals surface area contributed by atoms with Gasteiger partial charge in [0.2, 0.25) is 0 Å². The van der Waals surface area contributed by atoms with Crippen molar-refractivity contribution in [2.24, 2.45) is 0 Å². The Bertz CT molecular complexity index is 514. The van der Waals surface area contributed by atoms with E-state index in [0.29, 0.717) is 16.8 Å². The minimum atomic E-state index is 0.101. The number of carbonyl (C=O) groups excluding carboxylic acids is 1. The Labute approximate surface area is 143 Å². The zero-order valence-electron chi connectivity index (χ0n) is 13.5. The Kier molecular flexibility index (Phi) is 5.79. The van der Waals surface area contributed by atoms with Crippen molar-refractivity contribution < 1.29 is 9.53 Å². The molecule has 0 spiro atoms. The first-order valence-electron chi connectivity index (χ1n) is 8.62. The second-order valence-corrected chi connectivity index (χ2v) is 6.92. The molecule has 2 heterocycles. The molecule has 1 amide bonds. The van der Waals surface area contributed by atoms with Crippen LogP contribution in [0.15, 0.2) is 24.3 Å². The summed E-state index contributed by atoms with van der Waals surface area (Å²) in [6, 6.07) is 7.50. The monoisotopic (exact) mass is 336 g/mol. The fraction of sp³-hybridized carbons (Fsp3) is 0.611. The largest absolute Gasteiger partial charge is 0.484 e. The average Bonchev–Trinajstić information content (AvgIpc) is 3.07. The minimum absolute atomic E-state index is 0.101. The van der Waals surface area contributed by atoms with Crippen molar-refractivity contribution >= 4 is 17.5 Å². The quantitative estimate of drug-likeness (QED) is 0.827. The van der Waals surface area contributed by atoms with Gasteiger partial charge in [-0.05, 0) is 69.5 Å². The molecule has 2 aliphatic heterocycles. The molecule has 1 unspecified atom stereocenters. The van der Waals surface area contributed by atoms with Gasteiger partial charge in [0.05, 0.1) is 0 Å². The zero-order valence-corrected chi connectivity index (χ0v) is 14.3. The van der Waals surface area contributed by atoms with E-state index in [-0.39, 0.29) is 12.5 Å². The molecule has 0 bridgehead atoms. The summed E-state index contributed by atoms with van der Waals surface area (Å²) in [7, 11) is 0. The molecule has 23 heavy (non-hydrogen) atoms. The SMILES string of the molecule is O=C(COc1ccc(Cl)cc1)N1CCCCC1CN1CCCC1. The maximum atomic E-state index is 12.6. The second kappa shape index (κ2) is 8.02. The number of likely N-dealkylation sites (tertiary alicyclic amines) is 2. The highest BCUT2D eigenvalue weighted by molar-refractivity contribution is 6.30. The van der Waals surface area contributed by atoms with Gasteiger partial charge in [0.1, 0.15) is 5.75 Å². The van der Waals surface area contributed by atoms with Gasteiger partial charge in [-0.1, -0.05) is 11.6 Å². The van der Waals surface area contributed by atoms with Gasteiger partial charge in [0.25, 0.3) is 5.91 Å². The highest BCUT2D eigenvalue weighted by Gasteiger charge is 2.29. The van der Waals surface area contributed by atoms with Crippen molar-refractivity contribution in [2.75, 3.05) is 32.8 Å². The van der Waals surface area contributed by atoms with Gasteiger partial charge in [-0.3, -0.25) is 4.79 Å². The number of rotatable bonds is 5. The van der Waals surface area contributed by atoms with Gasteiger partial charge in [-0.25, -0.2) is 0 Å². The van der Waals surface area contributed by atoms with Crippen molar-refractivity contribution in [3.05, 3.63) is 29.3 Å². The highest BCUT2D eigenvalue weighted by Crippen LogP contribution is 2.21. The van der Waals surface area contributed by atoms with Crippen molar-refractivity contribution in [1.29, 1.82) is 0 Å². The molecule has 1 aromatic rings. The molecular weight excluding hydrogens is 312 g/mol. The Balaban J connectivity index is 1.53. The third kappa shape index (κ3) is 4.61. The van der Waals surface area contributed by atoms with Gasteiger partial charge >= 0.3 is 0 Å². The third-order valence-electron chi connectivity index (χ3n) is 4.79. The molecular formula is C18H25ClN2O2. The molecule has 5 heteroatoms. The van der Waals surface area contributed by atoms with Crippen LogP contribution in [0.2, 0.25) is 5.02 Å². The van der Waals surface area contributed by atoms with Crippen molar-refractivity contribution in [3.63, 3.8) is 0 Å². The van der Waals surface area contributed by atoms with Crippen LogP contribution in [0.25, 0.3) is 0 Å². The van der Waals surface area contributed by atoms with Crippen LogP contribution in [0.3, 0.4) is 0 Å². The number of hydrogen-bond acceptors (Lipinski definition) is 3. The number of piperidine rings is 1. The molecule has 126 valence electrons. The summed E-state index contributed by atoms with van der Waals surface area (Å²) >= 11 is 5.86. The number of halogens is 1. The average molecular weight is 337 g/mol. The normalized spacial score (nSPS) is 22.3. The predicted molar refractivity (Wildman–Crippen MR) is 92.0 cm³/mol. The standard InChI is InChI=1S/C18H25ClN2O2/c19-15-6-8-17(9-7-15)23-14-18(22)21-12-2-1-5-16(21)13-20-10-3-4-11-20/h6-9,16H,1-5,10-14H2. The highest BCUT2D eigenvalue weighted by atomic mass is 35.5. The van der Waals surface area contributed by atoms with Crippen LogP contribution in [0, 0.1) is 0 Å². The minimum Gasteiger partial charge on any atom is -0.484 e. The number of amides is 1. The molecule has 2 fully saturated rings. The number of carbonyl (C=O) groups is 1. The van der Waals surface area contributed by atoms with Gasteiger partial charge in [0.15, 0.2) is 6.61 Å². The van der Waals surface area contributed by atoms with E-state index in [0.717, 1.165) is 25.9 Å². The number of ether oxygens (including phenoxy) is 1. The van der Waals surface area contributed by atoms with E-state index in [1.54, 1.807) is 24.3 Å². The zero-order chi connectivity index (χ0) is 16.1. The van der Waals surface area contributed by atoms with Crippen LogP contribution >= 0.6 is 11.6 Å². The Hall–Kier alpha value is -1.26. The van der Waals surface area contributed by atoms with Crippen LogP contribution in [-0.2, 0) is 4.79 Å². The first-order valence-corrected chi connectivity index (χ1v) is 9.00. The van der Waals surface area contributed by atoms with Crippen LogP contribution in [-0.4, -0.2) is 54.5 Å². The molecule has 0 radical (unpaired) electrons. The van der Waals surface area contributed by atoms with Crippen LogP contribution in [0.5, 0.6) is 5.75 Å². The molecule has 1 aromatic carbocycles. The van der Waals surface area contributed by atoms with E-state index in [1.807, 2.05) is 4.90 Å². The molecule has 0 saturated carbocycles. The van der Waals surface area contributed by atoms with E-state index in [4.69, 9.17) is 16.3 Å². The topological polar surface area (TPSA) is 32.8 Å². The van der Waals surface area contributed by atoms with Crippen molar-refractivity contribution in [3.8, 4) is 5.75 Å². The molecule has 4 nitrogen and oxygen atoms in total. The molecule has 3 rings (SSSR count). The van der Waals surface area contributed by atoms with Gasteiger partial charge in [0, 0.05) is 24.2 Å². The van der Waals surface area contributed by atoms with E-state index in [9.17, 15) is 4.79 Å². The lowest BCUT2D eigenvalue weighted by Gasteiger charge is -2.37. The second-order valence-electron chi connectivity index (χ2n) is 6.49. The summed E-state index contributed by atoms with van der Waals surface area (Å²) in [5.41, 5.74) is 0. The van der Waals surface area contributed by atoms with Crippen molar-refractivity contribution in [1.82, 2.24) is 9.80 Å². The summed E-state index contributed by atoms with van der Waals surface area (Å²) < 4.78 is 5.63. The summed E-state index contributed by atoms with van der Waals surface area (Å²) in [6.07, 6.45) is 6.02. The van der Waals surface area contributed by atoms with Crippen molar-refractivity contribution in [2.45, 2.75) is 38.1 Å². The predicted octanol–water partition coefficient (Wildman–Crippen LogP) is 3.20. The van der Waals surface area contributed by atoms with Crippen LogP contribution in [0.1, 0.15) is 32.1 Å². The summed E-state index contributed by atoms with van der Waals surface area (Å²) in [5.74, 6) is 0.791. The maximum Gasteiger partial charge on any atom is 0.260 e. The van der Waals surface area contributed by atoms with E-state index in [1.165, 1.54) is 32.4 Å². The van der Waals surface area contributed by atoms with E-state index in [2.05, 4.69) is 4.90 Å². The lowest BCUT2D eigenvalue weighted by Crippen LogP contribution is -2.50. The Morgan fingerprint density at radius 2 is 1.78 bits per heavy atom. The molecule has 0 aromatic heterocycles. The first-order chi connectivity index (χ1) is 11.2. The van der Waals surface area contributed by atoms with Gasteiger partial charge in [-0.15, -0.1) is 0 Å². The molecule has 0 N–H and O–H groups in total. The lowest BCUT2D eigenvalue weighted by molar-refractivity contribution is -0.137. The Morgan fingerprint density at radius 3 is 2.52 bits per heavy atom. The van der Waals surface area contributed by atoms with Crippen LogP contribution < -0.4 is 4.74 Å². The third-order valence-corrected chi connectivity index (χ3v) is 5.04. The van der Waals surface area contributed by atoms with Gasteiger partial charge in [-0.2, -0.15) is 0 Å².